The molecule has 9 nitrogen and oxygen atoms in total. The van der Waals surface area contributed by atoms with Crippen LogP contribution >= 0.6 is 0 Å². The third-order valence-electron chi connectivity index (χ3n) is 11.4. The molecule has 0 spiro atoms. The third kappa shape index (κ3) is 17.6. The van der Waals surface area contributed by atoms with Gasteiger partial charge in [-0.25, -0.2) is 0 Å². The van der Waals surface area contributed by atoms with Crippen molar-refractivity contribution in [3.63, 3.8) is 0 Å². The van der Waals surface area contributed by atoms with Gasteiger partial charge in [0.15, 0.2) is 46.0 Å². The van der Waals surface area contributed by atoms with Crippen LogP contribution in [-0.2, 0) is 4.12 Å². The molecule has 0 amide bonds. The summed E-state index contributed by atoms with van der Waals surface area (Å²) in [5.41, 5.74) is 0. The lowest BCUT2D eigenvalue weighted by Crippen LogP contribution is -2.57. The van der Waals surface area contributed by atoms with Crippen molar-refractivity contribution in [1.82, 2.24) is 0 Å². The van der Waals surface area contributed by atoms with E-state index in [0.29, 0.717) is 52.9 Å². The van der Waals surface area contributed by atoms with E-state index in [1.165, 1.54) is 0 Å². The highest BCUT2D eigenvalue weighted by molar-refractivity contribution is 6.93. The van der Waals surface area contributed by atoms with E-state index in [4.69, 9.17) is 42.0 Å². The summed E-state index contributed by atoms with van der Waals surface area (Å²) >= 11 is 0. The van der Waals surface area contributed by atoms with E-state index in [0.717, 1.165) is 169 Å². The molecular formula is C56H86O9Si2. The fraction of sp³-hybridized carbons (Fsp3) is 0.571. The molecule has 0 bridgehead atoms. The second-order valence-electron chi connectivity index (χ2n) is 17.2. The summed E-state index contributed by atoms with van der Waals surface area (Å²) in [6.45, 7) is 22.1. The molecule has 0 radical (unpaired) electrons. The van der Waals surface area contributed by atoms with Gasteiger partial charge in [0.1, 0.15) is 0 Å². The molecule has 0 aromatic heterocycles. The van der Waals surface area contributed by atoms with Crippen molar-refractivity contribution in [3.05, 3.63) is 72.8 Å². The lowest BCUT2D eigenvalue weighted by atomic mass is 10.3. The van der Waals surface area contributed by atoms with Gasteiger partial charge in [0.25, 0.3) is 0 Å². The van der Waals surface area contributed by atoms with Crippen molar-refractivity contribution in [1.29, 1.82) is 0 Å². The fourth-order valence-electron chi connectivity index (χ4n) is 7.37. The molecule has 0 fully saturated rings. The van der Waals surface area contributed by atoms with E-state index < -0.39 is 18.1 Å². The van der Waals surface area contributed by atoms with Crippen molar-refractivity contribution in [2.24, 2.45) is 0 Å². The number of hydrogen-bond donors (Lipinski definition) is 0. The summed E-state index contributed by atoms with van der Waals surface area (Å²) < 4.78 is 62.2. The first-order valence-corrected chi connectivity index (χ1v) is 29.5. The van der Waals surface area contributed by atoms with Crippen LogP contribution < -0.4 is 58.6 Å². The lowest BCUT2D eigenvalue weighted by Gasteiger charge is -2.31. The maximum Gasteiger partial charge on any atom is 0.236 e. The van der Waals surface area contributed by atoms with E-state index in [1.807, 2.05) is 24.3 Å². The first kappa shape index (κ1) is 55.3. The minimum Gasteiger partial charge on any atom is -0.490 e. The van der Waals surface area contributed by atoms with Crippen LogP contribution in [0.4, 0.5) is 0 Å². The smallest absolute Gasteiger partial charge is 0.236 e. The molecule has 0 aliphatic rings. The number of unbranched alkanes of at least 4 members (excludes halogenated alkanes) is 8. The lowest BCUT2D eigenvalue weighted by molar-refractivity contribution is 0.262. The zero-order valence-electron chi connectivity index (χ0n) is 42.7. The summed E-state index contributed by atoms with van der Waals surface area (Å²) in [4.78, 5) is 0. The standard InChI is InChI=1S/C56H86O9Si2/c1-9-17-37-57-45-29-25-33-49(53(45)61-41-21-13-5)66(50-34-26-30-46(58-38-18-10-2)54(50)62-42-22-14-6)65-67(51-35-27-31-47(59-39-19-11-3)55(51)63-43-23-15-7)52-36-28-32-48(60-40-20-12-4)56(52)64-44-24-16-8/h25-36,66-67H,9-24,37-44H2,1-8H3. The van der Waals surface area contributed by atoms with Gasteiger partial charge in [-0.2, -0.15) is 0 Å². The van der Waals surface area contributed by atoms with Gasteiger partial charge in [-0.15, -0.1) is 0 Å². The Morgan fingerprint density at radius 1 is 0.269 bits per heavy atom. The monoisotopic (exact) mass is 959 g/mol. The molecular weight excluding hydrogens is 873 g/mol. The summed E-state index contributed by atoms with van der Waals surface area (Å²) in [6.07, 6.45) is 15.5. The highest BCUT2D eigenvalue weighted by Crippen LogP contribution is 2.33. The van der Waals surface area contributed by atoms with Crippen LogP contribution in [0, 0.1) is 0 Å². The van der Waals surface area contributed by atoms with E-state index in [9.17, 15) is 0 Å². The summed E-state index contributed by atoms with van der Waals surface area (Å²) in [5, 5.41) is 3.95. The molecule has 0 atom stereocenters. The average molecular weight is 959 g/mol. The second kappa shape index (κ2) is 33.2. The minimum absolute atomic E-state index is 0.554. The Bertz CT molecular complexity index is 1670. The summed E-state index contributed by atoms with van der Waals surface area (Å²) in [7, 11) is -5.81. The average Bonchev–Trinajstić information content (AvgIpc) is 3.34. The molecule has 0 heterocycles. The summed E-state index contributed by atoms with van der Waals surface area (Å²) in [5.74, 6) is 5.87. The van der Waals surface area contributed by atoms with Gasteiger partial charge in [0.05, 0.1) is 52.9 Å². The quantitative estimate of drug-likeness (QED) is 0.0322. The Balaban J connectivity index is 2.16. The minimum atomic E-state index is -2.90. The van der Waals surface area contributed by atoms with E-state index >= 15 is 0 Å². The fourth-order valence-corrected chi connectivity index (χ4v) is 14.5. The summed E-state index contributed by atoms with van der Waals surface area (Å²) in [6, 6.07) is 25.2. The van der Waals surface area contributed by atoms with Crippen molar-refractivity contribution in [3.8, 4) is 46.0 Å². The molecule has 0 aliphatic carbocycles. The third-order valence-corrected chi connectivity index (χ3v) is 17.7. The number of hydrogen-bond acceptors (Lipinski definition) is 9. The SMILES string of the molecule is CCCCOc1cccc([SiH](O[SiH](c2cccc(OCCCC)c2OCCCC)c2cccc(OCCCC)c2OCCCC)c2cccc(OCCCC)c2OCCCC)c1OCCCC. The molecule has 11 heteroatoms. The molecule has 4 aromatic rings. The number of ether oxygens (including phenoxy) is 8. The van der Waals surface area contributed by atoms with Gasteiger partial charge in [-0.1, -0.05) is 155 Å². The highest BCUT2D eigenvalue weighted by atomic mass is 28.4. The Labute approximate surface area is 409 Å². The van der Waals surface area contributed by atoms with E-state index in [-0.39, 0.29) is 0 Å². The van der Waals surface area contributed by atoms with Crippen molar-refractivity contribution in [2.75, 3.05) is 52.9 Å². The van der Waals surface area contributed by atoms with Gasteiger partial charge in [0, 0.05) is 20.7 Å². The molecule has 372 valence electrons. The first-order valence-electron chi connectivity index (χ1n) is 26.2. The van der Waals surface area contributed by atoms with Crippen LogP contribution in [-0.4, -0.2) is 70.9 Å². The Hall–Kier alpha value is -4.33. The van der Waals surface area contributed by atoms with Crippen molar-refractivity contribution >= 4 is 38.8 Å². The molecule has 0 saturated heterocycles. The van der Waals surface area contributed by atoms with Crippen LogP contribution in [0.1, 0.15) is 158 Å². The highest BCUT2D eigenvalue weighted by Gasteiger charge is 2.37. The van der Waals surface area contributed by atoms with Crippen LogP contribution in [0.2, 0.25) is 0 Å². The number of para-hydroxylation sites is 4. The van der Waals surface area contributed by atoms with Gasteiger partial charge >= 0.3 is 0 Å². The Morgan fingerprint density at radius 2 is 0.463 bits per heavy atom. The molecule has 4 rings (SSSR count). The Morgan fingerprint density at radius 3 is 0.657 bits per heavy atom. The van der Waals surface area contributed by atoms with E-state index in [2.05, 4.69) is 104 Å². The molecule has 0 aliphatic heterocycles. The van der Waals surface area contributed by atoms with Crippen LogP contribution in [0.15, 0.2) is 72.8 Å². The zero-order valence-corrected chi connectivity index (χ0v) is 45.0. The van der Waals surface area contributed by atoms with Crippen molar-refractivity contribution < 1.29 is 42.0 Å². The largest absolute Gasteiger partial charge is 0.490 e. The first-order chi connectivity index (χ1) is 33.0. The van der Waals surface area contributed by atoms with Crippen LogP contribution in [0.3, 0.4) is 0 Å². The van der Waals surface area contributed by atoms with Gasteiger partial charge in [-0.05, 0) is 75.6 Å². The number of rotatable bonds is 38. The maximum absolute atomic E-state index is 8.24. The molecule has 67 heavy (non-hydrogen) atoms. The predicted molar refractivity (Wildman–Crippen MR) is 283 cm³/mol. The number of benzene rings is 4. The normalized spacial score (nSPS) is 11.3. The van der Waals surface area contributed by atoms with Gasteiger partial charge in [-0.3, -0.25) is 0 Å². The molecule has 0 N–H and O–H groups in total. The predicted octanol–water partition coefficient (Wildman–Crippen LogP) is 11.5. The van der Waals surface area contributed by atoms with E-state index in [1.54, 1.807) is 0 Å². The van der Waals surface area contributed by atoms with Crippen LogP contribution in [0.25, 0.3) is 0 Å². The van der Waals surface area contributed by atoms with Crippen LogP contribution in [0.5, 0.6) is 46.0 Å². The molecule has 4 aromatic carbocycles. The van der Waals surface area contributed by atoms with Crippen molar-refractivity contribution in [2.45, 2.75) is 158 Å². The Kier molecular flexibility index (Phi) is 27.4. The molecule has 0 unspecified atom stereocenters. The topological polar surface area (TPSA) is 83.1 Å². The van der Waals surface area contributed by atoms with Gasteiger partial charge in [0.2, 0.25) is 18.1 Å². The van der Waals surface area contributed by atoms with Gasteiger partial charge < -0.3 is 42.0 Å². The maximum atomic E-state index is 8.24. The zero-order chi connectivity index (χ0) is 47.9. The molecule has 0 saturated carbocycles. The second-order valence-corrected chi connectivity index (χ2v) is 22.3.